The average Bonchev–Trinajstić information content (AvgIpc) is 3.48. The number of pyridine rings is 1. The van der Waals surface area contributed by atoms with Crippen LogP contribution < -0.4 is 16.2 Å². The fourth-order valence-electron chi connectivity index (χ4n) is 5.03. The quantitative estimate of drug-likeness (QED) is 0.287. The molecule has 3 N–H and O–H groups in total. The highest BCUT2D eigenvalue weighted by atomic mass is 35.5. The lowest BCUT2D eigenvalue weighted by Gasteiger charge is -2.23. The van der Waals surface area contributed by atoms with Crippen LogP contribution in [0, 0.1) is 0 Å². The second kappa shape index (κ2) is 10.8. The Morgan fingerprint density at radius 1 is 0.872 bits per heavy atom. The van der Waals surface area contributed by atoms with Crippen LogP contribution in [0.15, 0.2) is 102 Å². The van der Waals surface area contributed by atoms with Crippen molar-refractivity contribution in [1.29, 1.82) is 0 Å². The number of aromatic nitrogens is 2. The van der Waals surface area contributed by atoms with Crippen molar-refractivity contribution >= 4 is 47.8 Å². The summed E-state index contributed by atoms with van der Waals surface area (Å²) in [5.41, 5.74) is 4.32. The van der Waals surface area contributed by atoms with Crippen molar-refractivity contribution in [2.24, 2.45) is 0 Å². The highest BCUT2D eigenvalue weighted by Crippen LogP contribution is 2.32. The van der Waals surface area contributed by atoms with Crippen molar-refractivity contribution in [3.05, 3.63) is 135 Å². The van der Waals surface area contributed by atoms with E-state index in [9.17, 15) is 14.4 Å². The van der Waals surface area contributed by atoms with Gasteiger partial charge in [0.25, 0.3) is 17.4 Å². The zero-order valence-corrected chi connectivity index (χ0v) is 22.4. The summed E-state index contributed by atoms with van der Waals surface area (Å²) in [6.07, 6.45) is 3.97. The summed E-state index contributed by atoms with van der Waals surface area (Å²) in [7, 11) is 0. The Morgan fingerprint density at radius 3 is 2.38 bits per heavy atom. The number of carbonyl (C=O) groups excluding carboxylic acids is 2. The lowest BCUT2D eigenvalue weighted by Crippen LogP contribution is -2.44. The van der Waals surface area contributed by atoms with E-state index in [1.54, 1.807) is 60.9 Å². The van der Waals surface area contributed by atoms with Crippen LogP contribution in [0.3, 0.4) is 0 Å². The van der Waals surface area contributed by atoms with Crippen LogP contribution in [-0.2, 0) is 6.42 Å². The van der Waals surface area contributed by atoms with Crippen molar-refractivity contribution < 1.29 is 9.59 Å². The van der Waals surface area contributed by atoms with Gasteiger partial charge in [0.15, 0.2) is 0 Å². The van der Waals surface area contributed by atoms with Crippen LogP contribution in [0.5, 0.6) is 0 Å². The van der Waals surface area contributed by atoms with Crippen LogP contribution in [0.4, 0.5) is 0 Å². The smallest absolute Gasteiger partial charge is 0.255 e. The number of benzene rings is 3. The van der Waals surface area contributed by atoms with Crippen molar-refractivity contribution in [3.8, 4) is 5.69 Å². The third kappa shape index (κ3) is 5.08. The first-order chi connectivity index (χ1) is 18.5. The SMILES string of the molecule is O=C(N[C@H]1Cc2ccccc2[C@H]1NC(=O)c1ccc(-n2ccccc2=O)cc1)c1ccc2c(Cl)c[nH]c2c1.S. The Balaban J connectivity index is 0.00000308. The van der Waals surface area contributed by atoms with E-state index in [-0.39, 0.29) is 36.9 Å². The molecule has 5 aromatic rings. The molecule has 0 saturated heterocycles. The normalized spacial score (nSPS) is 15.8. The molecule has 196 valence electrons. The third-order valence-corrected chi connectivity index (χ3v) is 7.27. The highest BCUT2D eigenvalue weighted by Gasteiger charge is 2.34. The Kier molecular flexibility index (Phi) is 7.32. The second-order valence-electron chi connectivity index (χ2n) is 9.29. The summed E-state index contributed by atoms with van der Waals surface area (Å²) in [5, 5.41) is 7.69. The first-order valence-corrected chi connectivity index (χ1v) is 12.6. The van der Waals surface area contributed by atoms with Gasteiger partial charge in [-0.1, -0.05) is 48.0 Å². The molecule has 0 bridgehead atoms. The summed E-state index contributed by atoms with van der Waals surface area (Å²) in [6, 6.07) is 24.3. The van der Waals surface area contributed by atoms with Gasteiger partial charge < -0.3 is 15.6 Å². The number of halogens is 1. The molecule has 39 heavy (non-hydrogen) atoms. The molecule has 0 aliphatic heterocycles. The maximum atomic E-state index is 13.3. The van der Waals surface area contributed by atoms with E-state index in [1.807, 2.05) is 30.3 Å². The van der Waals surface area contributed by atoms with Gasteiger partial charge in [-0.3, -0.25) is 19.0 Å². The molecule has 2 atom stereocenters. The van der Waals surface area contributed by atoms with E-state index < -0.39 is 6.04 Å². The summed E-state index contributed by atoms with van der Waals surface area (Å²) < 4.78 is 1.51. The summed E-state index contributed by atoms with van der Waals surface area (Å²) in [5.74, 6) is -0.493. The topological polar surface area (TPSA) is 96.0 Å². The van der Waals surface area contributed by atoms with Gasteiger partial charge in [0.05, 0.1) is 17.1 Å². The van der Waals surface area contributed by atoms with Gasteiger partial charge >= 0.3 is 0 Å². The van der Waals surface area contributed by atoms with E-state index in [2.05, 4.69) is 15.6 Å². The molecule has 0 radical (unpaired) electrons. The molecule has 0 unspecified atom stereocenters. The monoisotopic (exact) mass is 556 g/mol. The standard InChI is InChI=1S/C30H23ClN4O3.H2S/c31-24-17-32-25-16-20(10-13-23(24)25)30(38)33-26-15-19-5-1-2-6-22(19)28(26)34-29(37)18-8-11-21(12-9-18)35-14-4-3-7-27(35)36;/h1-14,16-17,26,28,32H,15H2,(H,33,38)(H,34,37);1H2/t26-,28+;/m0./s1. The molecule has 0 saturated carbocycles. The number of hydrogen-bond donors (Lipinski definition) is 3. The van der Waals surface area contributed by atoms with E-state index >= 15 is 0 Å². The van der Waals surface area contributed by atoms with Crippen molar-refractivity contribution in [2.75, 3.05) is 0 Å². The number of aromatic amines is 1. The molecule has 2 heterocycles. The molecule has 7 nitrogen and oxygen atoms in total. The highest BCUT2D eigenvalue weighted by molar-refractivity contribution is 7.59. The molecule has 0 fully saturated rings. The summed E-state index contributed by atoms with van der Waals surface area (Å²) in [4.78, 5) is 41.7. The van der Waals surface area contributed by atoms with Crippen LogP contribution in [0.2, 0.25) is 5.02 Å². The third-order valence-electron chi connectivity index (χ3n) is 6.96. The van der Waals surface area contributed by atoms with Crippen molar-refractivity contribution in [1.82, 2.24) is 20.2 Å². The molecule has 2 amide bonds. The van der Waals surface area contributed by atoms with Gasteiger partial charge in [-0.2, -0.15) is 13.5 Å². The zero-order chi connectivity index (χ0) is 26.2. The number of nitrogens with one attached hydrogen (secondary N) is 3. The Hall–Kier alpha value is -4.27. The zero-order valence-electron chi connectivity index (χ0n) is 20.6. The molecule has 2 aromatic heterocycles. The van der Waals surface area contributed by atoms with Gasteiger partial charge in [0.2, 0.25) is 0 Å². The predicted octanol–water partition coefficient (Wildman–Crippen LogP) is 4.91. The average molecular weight is 557 g/mol. The maximum absolute atomic E-state index is 13.3. The molecule has 1 aliphatic carbocycles. The van der Waals surface area contributed by atoms with Crippen molar-refractivity contribution in [3.63, 3.8) is 0 Å². The predicted molar refractivity (Wildman–Crippen MR) is 157 cm³/mol. The minimum atomic E-state index is -0.400. The van der Waals surface area contributed by atoms with E-state index in [4.69, 9.17) is 11.6 Å². The number of hydrogen-bond acceptors (Lipinski definition) is 3. The van der Waals surface area contributed by atoms with E-state index in [1.165, 1.54) is 10.6 Å². The molecule has 3 aromatic carbocycles. The molecule has 0 spiro atoms. The lowest BCUT2D eigenvalue weighted by molar-refractivity contribution is 0.0888. The Bertz CT molecular complexity index is 1750. The number of carbonyl (C=O) groups is 2. The van der Waals surface area contributed by atoms with Gasteiger partial charge in [0.1, 0.15) is 0 Å². The van der Waals surface area contributed by atoms with Gasteiger partial charge in [0, 0.05) is 46.2 Å². The lowest BCUT2D eigenvalue weighted by atomic mass is 10.1. The van der Waals surface area contributed by atoms with Crippen LogP contribution in [0.25, 0.3) is 16.6 Å². The van der Waals surface area contributed by atoms with Crippen LogP contribution in [-0.4, -0.2) is 27.4 Å². The number of nitrogens with zero attached hydrogens (tertiary/aromatic N) is 1. The van der Waals surface area contributed by atoms with Crippen molar-refractivity contribution in [2.45, 2.75) is 18.5 Å². The van der Waals surface area contributed by atoms with Gasteiger partial charge in [-0.15, -0.1) is 0 Å². The Morgan fingerprint density at radius 2 is 1.59 bits per heavy atom. The number of H-pyrrole nitrogens is 1. The summed E-state index contributed by atoms with van der Waals surface area (Å²) in [6.45, 7) is 0. The summed E-state index contributed by atoms with van der Waals surface area (Å²) >= 11 is 6.17. The molecular formula is C30H25ClN4O3S. The molecule has 6 rings (SSSR count). The first-order valence-electron chi connectivity index (χ1n) is 12.2. The maximum Gasteiger partial charge on any atom is 0.255 e. The molecular weight excluding hydrogens is 532 g/mol. The number of fused-ring (bicyclic) bond motifs is 2. The fourth-order valence-corrected chi connectivity index (χ4v) is 5.25. The second-order valence-corrected chi connectivity index (χ2v) is 9.69. The number of rotatable bonds is 5. The molecule has 1 aliphatic rings. The molecule has 9 heteroatoms. The minimum Gasteiger partial charge on any atom is -0.360 e. The van der Waals surface area contributed by atoms with Crippen LogP contribution in [0.1, 0.15) is 37.9 Å². The van der Waals surface area contributed by atoms with E-state index in [0.717, 1.165) is 22.0 Å². The first kappa shape index (κ1) is 26.3. The Labute approximate surface area is 236 Å². The van der Waals surface area contributed by atoms with Crippen LogP contribution >= 0.6 is 25.1 Å². The van der Waals surface area contributed by atoms with E-state index in [0.29, 0.717) is 28.3 Å². The number of amides is 2. The largest absolute Gasteiger partial charge is 0.360 e. The fraction of sp³-hybridized carbons (Fsp3) is 0.100. The minimum absolute atomic E-state index is 0. The van der Waals surface area contributed by atoms with Gasteiger partial charge in [-0.05, 0) is 60.0 Å². The van der Waals surface area contributed by atoms with Gasteiger partial charge in [-0.25, -0.2) is 0 Å².